The highest BCUT2D eigenvalue weighted by molar-refractivity contribution is 5.32. The number of aryl methyl sites for hydroxylation is 2. The summed E-state index contributed by atoms with van der Waals surface area (Å²) in [5.74, 6) is 0.787. The van der Waals surface area contributed by atoms with E-state index in [0.717, 1.165) is 16.9 Å². The van der Waals surface area contributed by atoms with Gasteiger partial charge in [-0.3, -0.25) is 14.3 Å². The molecule has 100 valence electrons. The van der Waals surface area contributed by atoms with Crippen LogP contribution in [0, 0.1) is 13.8 Å². The highest BCUT2D eigenvalue weighted by atomic mass is 16.5. The predicted octanol–water partition coefficient (Wildman–Crippen LogP) is 1.23. The lowest BCUT2D eigenvalue weighted by atomic mass is 10.1. The minimum absolute atomic E-state index is 0.370. The summed E-state index contributed by atoms with van der Waals surface area (Å²) in [7, 11) is 0. The molecule has 0 aliphatic heterocycles. The molecule has 0 fully saturated rings. The molecule has 0 aliphatic rings. The molecule has 1 N–H and O–H groups in total. The smallest absolute Gasteiger partial charge is 0.328 e. The lowest BCUT2D eigenvalue weighted by molar-refractivity contribution is 0.295. The summed E-state index contributed by atoms with van der Waals surface area (Å²) in [4.78, 5) is 24.6. The maximum absolute atomic E-state index is 11.4. The quantitative estimate of drug-likeness (QED) is 0.899. The van der Waals surface area contributed by atoms with Crippen molar-refractivity contribution in [3.8, 4) is 5.75 Å². The van der Waals surface area contributed by atoms with Crippen LogP contribution in [0.2, 0.25) is 0 Å². The molecule has 0 unspecified atom stereocenters. The molecule has 2 aromatic rings. The zero-order valence-electron chi connectivity index (χ0n) is 11.0. The Balaban J connectivity index is 2.00. The molecule has 0 saturated heterocycles. The van der Waals surface area contributed by atoms with Crippen molar-refractivity contribution in [2.45, 2.75) is 20.4 Å². The molecule has 5 heteroatoms. The number of aromatic nitrogens is 2. The molecule has 0 spiro atoms. The standard InChI is InChI=1S/C14H16N2O3/c1-10-7-11(2)9-12(8-10)19-6-5-16-4-3-13(17)15-14(16)18/h3-4,7-9H,5-6H2,1-2H3,(H,15,17,18). The minimum Gasteiger partial charge on any atom is -0.492 e. The fraction of sp³-hybridized carbons (Fsp3) is 0.286. The average Bonchev–Trinajstić information content (AvgIpc) is 2.30. The van der Waals surface area contributed by atoms with Crippen LogP contribution >= 0.6 is 0 Å². The van der Waals surface area contributed by atoms with Crippen molar-refractivity contribution in [1.82, 2.24) is 9.55 Å². The van der Waals surface area contributed by atoms with Crippen molar-refractivity contribution in [2.75, 3.05) is 6.61 Å². The molecular formula is C14H16N2O3. The molecule has 0 saturated carbocycles. The number of hydrogen-bond acceptors (Lipinski definition) is 3. The van der Waals surface area contributed by atoms with E-state index in [-0.39, 0.29) is 0 Å². The van der Waals surface area contributed by atoms with Crippen LogP contribution in [0.25, 0.3) is 0 Å². The largest absolute Gasteiger partial charge is 0.492 e. The number of nitrogens with one attached hydrogen (secondary N) is 1. The van der Waals surface area contributed by atoms with E-state index >= 15 is 0 Å². The molecule has 1 aromatic carbocycles. The van der Waals surface area contributed by atoms with E-state index in [2.05, 4.69) is 11.1 Å². The Morgan fingerprint density at radius 2 is 1.84 bits per heavy atom. The van der Waals surface area contributed by atoms with Gasteiger partial charge in [0.15, 0.2) is 0 Å². The third-order valence-electron chi connectivity index (χ3n) is 2.69. The van der Waals surface area contributed by atoms with Gasteiger partial charge < -0.3 is 4.74 Å². The number of hydrogen-bond donors (Lipinski definition) is 1. The molecule has 0 aliphatic carbocycles. The fourth-order valence-electron chi connectivity index (χ4n) is 1.90. The minimum atomic E-state index is -0.420. The van der Waals surface area contributed by atoms with E-state index in [4.69, 9.17) is 4.74 Å². The predicted molar refractivity (Wildman–Crippen MR) is 72.7 cm³/mol. The van der Waals surface area contributed by atoms with E-state index in [1.165, 1.54) is 16.8 Å². The van der Waals surface area contributed by atoms with E-state index < -0.39 is 11.2 Å². The second-order valence-corrected chi connectivity index (χ2v) is 4.48. The molecule has 1 aromatic heterocycles. The van der Waals surface area contributed by atoms with Crippen LogP contribution in [-0.4, -0.2) is 16.2 Å². The number of nitrogens with zero attached hydrogens (tertiary/aromatic N) is 1. The summed E-state index contributed by atoms with van der Waals surface area (Å²) in [5, 5.41) is 0. The van der Waals surface area contributed by atoms with E-state index in [0.29, 0.717) is 13.2 Å². The first kappa shape index (κ1) is 13.1. The Morgan fingerprint density at radius 3 is 2.47 bits per heavy atom. The lowest BCUT2D eigenvalue weighted by Gasteiger charge is -2.09. The molecule has 0 amide bonds. The van der Waals surface area contributed by atoms with Gasteiger partial charge in [0.2, 0.25) is 0 Å². The Kier molecular flexibility index (Phi) is 3.85. The second-order valence-electron chi connectivity index (χ2n) is 4.48. The normalized spacial score (nSPS) is 10.4. The highest BCUT2D eigenvalue weighted by Crippen LogP contribution is 2.15. The molecule has 2 rings (SSSR count). The van der Waals surface area contributed by atoms with E-state index in [1.807, 2.05) is 26.0 Å². The topological polar surface area (TPSA) is 64.1 Å². The third-order valence-corrected chi connectivity index (χ3v) is 2.69. The van der Waals surface area contributed by atoms with Gasteiger partial charge in [-0.2, -0.15) is 0 Å². The fourth-order valence-corrected chi connectivity index (χ4v) is 1.90. The molecule has 0 radical (unpaired) electrons. The van der Waals surface area contributed by atoms with Gasteiger partial charge in [-0.05, 0) is 37.1 Å². The molecule has 0 atom stereocenters. The maximum Gasteiger partial charge on any atom is 0.328 e. The number of H-pyrrole nitrogens is 1. The number of rotatable bonds is 4. The maximum atomic E-state index is 11.4. The summed E-state index contributed by atoms with van der Waals surface area (Å²) in [6, 6.07) is 7.28. The van der Waals surface area contributed by atoms with Gasteiger partial charge in [0, 0.05) is 12.3 Å². The van der Waals surface area contributed by atoms with Crippen LogP contribution in [0.4, 0.5) is 0 Å². The molecular weight excluding hydrogens is 244 g/mol. The van der Waals surface area contributed by atoms with Crippen LogP contribution < -0.4 is 16.0 Å². The lowest BCUT2D eigenvalue weighted by Crippen LogP contribution is -2.30. The van der Waals surface area contributed by atoms with Gasteiger partial charge in [-0.25, -0.2) is 4.79 Å². The second kappa shape index (κ2) is 5.56. The Hall–Kier alpha value is -2.30. The number of ether oxygens (including phenoxy) is 1. The van der Waals surface area contributed by atoms with Gasteiger partial charge in [-0.15, -0.1) is 0 Å². The Morgan fingerprint density at radius 1 is 1.16 bits per heavy atom. The highest BCUT2D eigenvalue weighted by Gasteiger charge is 1.99. The van der Waals surface area contributed by atoms with E-state index in [1.54, 1.807) is 0 Å². The van der Waals surface area contributed by atoms with Gasteiger partial charge in [0.25, 0.3) is 5.56 Å². The summed E-state index contributed by atoms with van der Waals surface area (Å²) >= 11 is 0. The monoisotopic (exact) mass is 260 g/mol. The van der Waals surface area contributed by atoms with Crippen LogP contribution in [0.1, 0.15) is 11.1 Å². The molecule has 1 heterocycles. The summed E-state index contributed by atoms with van der Waals surface area (Å²) < 4.78 is 7.01. The van der Waals surface area contributed by atoms with Crippen molar-refractivity contribution < 1.29 is 4.74 Å². The summed E-state index contributed by atoms with van der Waals surface area (Å²) in [5.41, 5.74) is 1.46. The number of benzene rings is 1. The Bertz CT molecular complexity index is 665. The molecule has 19 heavy (non-hydrogen) atoms. The van der Waals surface area contributed by atoms with E-state index in [9.17, 15) is 9.59 Å². The van der Waals surface area contributed by atoms with Crippen LogP contribution in [0.15, 0.2) is 40.1 Å². The first-order valence-corrected chi connectivity index (χ1v) is 6.05. The van der Waals surface area contributed by atoms with Crippen LogP contribution in [0.5, 0.6) is 5.75 Å². The van der Waals surface area contributed by atoms with Gasteiger partial charge >= 0.3 is 5.69 Å². The first-order valence-electron chi connectivity index (χ1n) is 6.05. The van der Waals surface area contributed by atoms with Gasteiger partial charge in [-0.1, -0.05) is 6.07 Å². The zero-order valence-corrected chi connectivity index (χ0v) is 11.0. The van der Waals surface area contributed by atoms with Crippen molar-refractivity contribution >= 4 is 0 Å². The molecule has 5 nitrogen and oxygen atoms in total. The van der Waals surface area contributed by atoms with Gasteiger partial charge in [0.1, 0.15) is 12.4 Å². The third kappa shape index (κ3) is 3.58. The SMILES string of the molecule is Cc1cc(C)cc(OCCn2ccc(=O)[nH]c2=O)c1. The van der Waals surface area contributed by atoms with Crippen molar-refractivity contribution in [1.29, 1.82) is 0 Å². The van der Waals surface area contributed by atoms with Crippen LogP contribution in [-0.2, 0) is 6.54 Å². The summed E-state index contributed by atoms with van der Waals surface area (Å²) in [6.45, 7) is 4.77. The first-order chi connectivity index (χ1) is 9.04. The summed E-state index contributed by atoms with van der Waals surface area (Å²) in [6.07, 6.45) is 1.46. The molecule has 0 bridgehead atoms. The number of aromatic amines is 1. The van der Waals surface area contributed by atoms with Crippen molar-refractivity contribution in [3.05, 3.63) is 62.4 Å². The Labute approximate surface area is 110 Å². The van der Waals surface area contributed by atoms with Gasteiger partial charge in [0.05, 0.1) is 6.54 Å². The van der Waals surface area contributed by atoms with Crippen LogP contribution in [0.3, 0.4) is 0 Å². The average molecular weight is 260 g/mol. The van der Waals surface area contributed by atoms with Crippen molar-refractivity contribution in [3.63, 3.8) is 0 Å². The zero-order chi connectivity index (χ0) is 13.8. The van der Waals surface area contributed by atoms with Crippen molar-refractivity contribution in [2.24, 2.45) is 0 Å².